The van der Waals surface area contributed by atoms with E-state index in [0.717, 1.165) is 23.2 Å². The summed E-state index contributed by atoms with van der Waals surface area (Å²) in [4.78, 5) is 29.7. The minimum atomic E-state index is -0.355. The first-order valence-electron chi connectivity index (χ1n) is 9.29. The number of hydrogen-bond acceptors (Lipinski definition) is 3. The number of fused-ring (bicyclic) bond motifs is 1. The molecule has 0 radical (unpaired) electrons. The first kappa shape index (κ1) is 17.8. The van der Waals surface area contributed by atoms with Gasteiger partial charge in [-0.2, -0.15) is 5.26 Å². The second-order valence-corrected chi connectivity index (χ2v) is 6.96. The predicted octanol–water partition coefficient (Wildman–Crippen LogP) is 2.75. The van der Waals surface area contributed by atoms with Crippen LogP contribution in [-0.2, 0) is 16.0 Å². The summed E-state index contributed by atoms with van der Waals surface area (Å²) in [7, 11) is 0. The molecule has 1 atom stereocenters. The van der Waals surface area contributed by atoms with E-state index in [0.29, 0.717) is 18.7 Å². The van der Waals surface area contributed by atoms with Crippen LogP contribution < -0.4 is 10.2 Å². The maximum absolute atomic E-state index is 12.5. The summed E-state index contributed by atoms with van der Waals surface area (Å²) in [5.41, 5.74) is 3.51. The molecule has 0 saturated carbocycles. The highest BCUT2D eigenvalue weighted by molar-refractivity contribution is 6.00. The fraction of sp³-hybridized carbons (Fsp3) is 0.227. The predicted molar refractivity (Wildman–Crippen MR) is 107 cm³/mol. The molecule has 28 heavy (non-hydrogen) atoms. The molecule has 2 aromatic carbocycles. The standard InChI is InChI=1S/C22H20N4O2/c23-12-15-5-7-18(8-6-15)26-14-17(11-21(26)27)22(28)24-10-9-16-13-25-20-4-2-1-3-19(16)20/h1-8,13,17,25H,9-11,14H2,(H,24,28). The molecule has 2 N–H and O–H groups in total. The van der Waals surface area contributed by atoms with Gasteiger partial charge in [-0.3, -0.25) is 9.59 Å². The van der Waals surface area contributed by atoms with Gasteiger partial charge in [0, 0.05) is 42.3 Å². The molecule has 1 unspecified atom stereocenters. The van der Waals surface area contributed by atoms with Crippen molar-refractivity contribution in [1.29, 1.82) is 5.26 Å². The molecule has 2 amide bonds. The number of nitriles is 1. The average molecular weight is 372 g/mol. The van der Waals surface area contributed by atoms with Crippen molar-refractivity contribution in [2.75, 3.05) is 18.0 Å². The van der Waals surface area contributed by atoms with Crippen LogP contribution in [0.2, 0.25) is 0 Å². The van der Waals surface area contributed by atoms with Crippen LogP contribution in [0.15, 0.2) is 54.7 Å². The van der Waals surface area contributed by atoms with Crippen molar-refractivity contribution < 1.29 is 9.59 Å². The van der Waals surface area contributed by atoms with Gasteiger partial charge in [-0.15, -0.1) is 0 Å². The Bertz CT molecular complexity index is 1060. The lowest BCUT2D eigenvalue weighted by Crippen LogP contribution is -2.34. The van der Waals surface area contributed by atoms with E-state index >= 15 is 0 Å². The van der Waals surface area contributed by atoms with Crippen LogP contribution in [0.4, 0.5) is 5.69 Å². The number of para-hydroxylation sites is 1. The van der Waals surface area contributed by atoms with E-state index in [9.17, 15) is 9.59 Å². The normalized spacial score (nSPS) is 16.3. The molecular formula is C22H20N4O2. The summed E-state index contributed by atoms with van der Waals surface area (Å²) in [6.07, 6.45) is 2.91. The lowest BCUT2D eigenvalue weighted by Gasteiger charge is -2.16. The van der Waals surface area contributed by atoms with E-state index in [1.807, 2.05) is 24.4 Å². The van der Waals surface area contributed by atoms with Gasteiger partial charge in [0.25, 0.3) is 0 Å². The van der Waals surface area contributed by atoms with E-state index < -0.39 is 0 Å². The number of hydrogen-bond donors (Lipinski definition) is 2. The summed E-state index contributed by atoms with van der Waals surface area (Å²) in [6, 6.07) is 17.0. The topological polar surface area (TPSA) is 89.0 Å². The highest BCUT2D eigenvalue weighted by atomic mass is 16.2. The smallest absolute Gasteiger partial charge is 0.227 e. The van der Waals surface area contributed by atoms with Crippen molar-refractivity contribution in [3.05, 3.63) is 65.9 Å². The summed E-state index contributed by atoms with van der Waals surface area (Å²) in [5.74, 6) is -0.517. The molecule has 6 nitrogen and oxygen atoms in total. The molecule has 1 aromatic heterocycles. The van der Waals surface area contributed by atoms with Gasteiger partial charge >= 0.3 is 0 Å². The zero-order valence-corrected chi connectivity index (χ0v) is 15.3. The quantitative estimate of drug-likeness (QED) is 0.722. The second kappa shape index (κ2) is 7.57. The van der Waals surface area contributed by atoms with Crippen molar-refractivity contribution >= 4 is 28.4 Å². The first-order chi connectivity index (χ1) is 13.7. The van der Waals surface area contributed by atoms with Crippen molar-refractivity contribution in [3.8, 4) is 6.07 Å². The second-order valence-electron chi connectivity index (χ2n) is 6.96. The van der Waals surface area contributed by atoms with Gasteiger partial charge in [0.2, 0.25) is 11.8 Å². The number of rotatable bonds is 5. The van der Waals surface area contributed by atoms with Gasteiger partial charge < -0.3 is 15.2 Å². The van der Waals surface area contributed by atoms with E-state index in [-0.39, 0.29) is 24.2 Å². The fourth-order valence-corrected chi connectivity index (χ4v) is 3.65. The van der Waals surface area contributed by atoms with Gasteiger partial charge in [-0.05, 0) is 42.3 Å². The molecule has 140 valence electrons. The van der Waals surface area contributed by atoms with Crippen LogP contribution in [-0.4, -0.2) is 29.9 Å². The molecule has 0 spiro atoms. The minimum Gasteiger partial charge on any atom is -0.361 e. The molecule has 1 saturated heterocycles. The number of carbonyl (C=O) groups excluding carboxylic acids is 2. The van der Waals surface area contributed by atoms with Crippen LogP contribution in [0.1, 0.15) is 17.5 Å². The lowest BCUT2D eigenvalue weighted by atomic mass is 10.1. The SMILES string of the molecule is N#Cc1ccc(N2CC(C(=O)NCCc3c[nH]c4ccccc34)CC2=O)cc1. The Balaban J connectivity index is 1.34. The highest BCUT2D eigenvalue weighted by Crippen LogP contribution is 2.25. The van der Waals surface area contributed by atoms with Gasteiger partial charge in [0.1, 0.15) is 0 Å². The number of H-pyrrole nitrogens is 1. The average Bonchev–Trinajstić information content (AvgIpc) is 3.32. The summed E-state index contributed by atoms with van der Waals surface area (Å²) in [6.45, 7) is 0.895. The zero-order chi connectivity index (χ0) is 19.5. The third-order valence-electron chi connectivity index (χ3n) is 5.17. The van der Waals surface area contributed by atoms with Crippen LogP contribution in [0, 0.1) is 17.2 Å². The molecule has 1 fully saturated rings. The number of benzene rings is 2. The number of nitrogens with one attached hydrogen (secondary N) is 2. The number of aromatic nitrogens is 1. The van der Waals surface area contributed by atoms with E-state index in [2.05, 4.69) is 22.4 Å². The molecular weight excluding hydrogens is 352 g/mol. The van der Waals surface area contributed by atoms with E-state index in [1.165, 1.54) is 5.39 Å². The van der Waals surface area contributed by atoms with Crippen LogP contribution in [0.3, 0.4) is 0 Å². The minimum absolute atomic E-state index is 0.0681. The van der Waals surface area contributed by atoms with Crippen molar-refractivity contribution in [1.82, 2.24) is 10.3 Å². The molecule has 2 heterocycles. The Labute approximate surface area is 162 Å². The van der Waals surface area contributed by atoms with Gasteiger partial charge in [0.15, 0.2) is 0 Å². The first-order valence-corrected chi connectivity index (χ1v) is 9.29. The number of nitrogens with zero attached hydrogens (tertiary/aromatic N) is 2. The van der Waals surface area contributed by atoms with E-state index in [4.69, 9.17) is 5.26 Å². The molecule has 1 aliphatic rings. The molecule has 6 heteroatoms. The number of aromatic amines is 1. The monoisotopic (exact) mass is 372 g/mol. The highest BCUT2D eigenvalue weighted by Gasteiger charge is 2.34. The van der Waals surface area contributed by atoms with Crippen LogP contribution >= 0.6 is 0 Å². The number of carbonyl (C=O) groups is 2. The van der Waals surface area contributed by atoms with Gasteiger partial charge in [-0.1, -0.05) is 18.2 Å². The zero-order valence-electron chi connectivity index (χ0n) is 15.3. The molecule has 0 bridgehead atoms. The fourth-order valence-electron chi connectivity index (χ4n) is 3.65. The van der Waals surface area contributed by atoms with Gasteiger partial charge in [-0.25, -0.2) is 0 Å². The van der Waals surface area contributed by atoms with Crippen molar-refractivity contribution in [3.63, 3.8) is 0 Å². The van der Waals surface area contributed by atoms with Crippen molar-refractivity contribution in [2.24, 2.45) is 5.92 Å². The maximum Gasteiger partial charge on any atom is 0.227 e. The number of anilines is 1. The van der Waals surface area contributed by atoms with Crippen LogP contribution in [0.5, 0.6) is 0 Å². The lowest BCUT2D eigenvalue weighted by molar-refractivity contribution is -0.126. The number of amides is 2. The Morgan fingerprint density at radius 3 is 2.79 bits per heavy atom. The molecule has 4 rings (SSSR count). The maximum atomic E-state index is 12.5. The van der Waals surface area contributed by atoms with Crippen LogP contribution in [0.25, 0.3) is 10.9 Å². The largest absolute Gasteiger partial charge is 0.361 e. The Morgan fingerprint density at radius 1 is 1.21 bits per heavy atom. The Morgan fingerprint density at radius 2 is 2.00 bits per heavy atom. The summed E-state index contributed by atoms with van der Waals surface area (Å²) >= 11 is 0. The third-order valence-corrected chi connectivity index (χ3v) is 5.17. The van der Waals surface area contributed by atoms with E-state index in [1.54, 1.807) is 29.2 Å². The van der Waals surface area contributed by atoms with Crippen molar-refractivity contribution in [2.45, 2.75) is 12.8 Å². The molecule has 1 aliphatic heterocycles. The molecule has 3 aromatic rings. The van der Waals surface area contributed by atoms with Gasteiger partial charge in [0.05, 0.1) is 17.6 Å². The summed E-state index contributed by atoms with van der Waals surface area (Å²) < 4.78 is 0. The molecule has 0 aliphatic carbocycles. The Hall–Kier alpha value is -3.59. The Kier molecular flexibility index (Phi) is 4.81. The third kappa shape index (κ3) is 3.47. The summed E-state index contributed by atoms with van der Waals surface area (Å²) in [5, 5.41) is 13.0.